The van der Waals surface area contributed by atoms with Crippen LogP contribution in [0.25, 0.3) is 0 Å². The first-order valence-corrected chi connectivity index (χ1v) is 15.1. The minimum Gasteiger partial charge on any atom is -0.390 e. The first-order valence-electron chi connectivity index (χ1n) is 14.3. The third-order valence-electron chi connectivity index (χ3n) is 7.22. The first-order chi connectivity index (χ1) is 20.7. The van der Waals surface area contributed by atoms with Crippen LogP contribution < -0.4 is 10.6 Å². The highest BCUT2D eigenvalue weighted by Crippen LogP contribution is 2.15. The van der Waals surface area contributed by atoms with Crippen LogP contribution in [0.2, 0.25) is 0 Å². The van der Waals surface area contributed by atoms with Crippen LogP contribution in [0.15, 0.2) is 66.2 Å². The van der Waals surface area contributed by atoms with Crippen LogP contribution in [-0.4, -0.2) is 76.0 Å². The largest absolute Gasteiger partial charge is 0.390 e. The molecule has 2 heterocycles. The Kier molecular flexibility index (Phi) is 11.6. The molecule has 2 aromatic heterocycles. The molecule has 2 atom stereocenters. The van der Waals surface area contributed by atoms with Crippen molar-refractivity contribution in [3.8, 4) is 0 Å². The van der Waals surface area contributed by atoms with Crippen molar-refractivity contribution in [1.82, 2.24) is 30.3 Å². The molecule has 0 aliphatic carbocycles. The molecule has 2 aromatic carbocycles. The molecule has 0 unspecified atom stereocenters. The van der Waals surface area contributed by atoms with E-state index in [4.69, 9.17) is 4.74 Å². The van der Waals surface area contributed by atoms with Crippen molar-refractivity contribution in [1.29, 1.82) is 0 Å². The molecule has 3 N–H and O–H groups in total. The van der Waals surface area contributed by atoms with Crippen molar-refractivity contribution in [2.45, 2.75) is 52.0 Å². The normalized spacial score (nSPS) is 12.6. The number of hydrogen-bond acceptors (Lipinski definition) is 8. The van der Waals surface area contributed by atoms with E-state index in [0.29, 0.717) is 43.8 Å². The number of thiazole rings is 1. The summed E-state index contributed by atoms with van der Waals surface area (Å²) >= 11 is 1.51. The molecule has 228 valence electrons. The molecule has 4 aromatic rings. The fourth-order valence-corrected chi connectivity index (χ4v) is 5.55. The molecule has 0 bridgehead atoms. The van der Waals surface area contributed by atoms with Crippen LogP contribution in [0.4, 0.5) is 0 Å². The second kappa shape index (κ2) is 15.5. The van der Waals surface area contributed by atoms with Crippen LogP contribution in [-0.2, 0) is 30.8 Å². The number of methoxy groups -OCH3 is 1. The van der Waals surface area contributed by atoms with Gasteiger partial charge in [0.2, 0.25) is 0 Å². The Morgan fingerprint density at radius 3 is 2.60 bits per heavy atom. The molecule has 2 amide bonds. The second-order valence-electron chi connectivity index (χ2n) is 10.6. The standard InChI is InChI=1S/C32H40N6O4S/c1-22-21-43-30(35-22)20-37(3)32(41)26-12-8-11-25(16-26)31(40)36-28(15-24-9-6-5-7-10-24)29(39)19-33-17-27-18-34-38(23(27)2)13-14-42-4/h5-12,16,18,21,28-29,33,39H,13-15,17,19-20H2,1-4H3,(H,36,40)/t28-,29+/m0/s1. The molecular weight excluding hydrogens is 564 g/mol. The summed E-state index contributed by atoms with van der Waals surface area (Å²) in [6.45, 7) is 6.35. The van der Waals surface area contributed by atoms with Crippen LogP contribution >= 0.6 is 11.3 Å². The van der Waals surface area contributed by atoms with Gasteiger partial charge in [0.25, 0.3) is 11.8 Å². The predicted octanol–water partition coefficient (Wildman–Crippen LogP) is 3.37. The first kappa shape index (κ1) is 32.0. The smallest absolute Gasteiger partial charge is 0.253 e. The van der Waals surface area contributed by atoms with E-state index >= 15 is 0 Å². The van der Waals surface area contributed by atoms with Gasteiger partial charge in [0.05, 0.1) is 38.0 Å². The van der Waals surface area contributed by atoms with Crippen LogP contribution in [0.5, 0.6) is 0 Å². The number of aromatic nitrogens is 3. The van der Waals surface area contributed by atoms with Crippen molar-refractivity contribution in [2.75, 3.05) is 27.3 Å². The van der Waals surface area contributed by atoms with Gasteiger partial charge in [0.1, 0.15) is 5.01 Å². The zero-order valence-corrected chi connectivity index (χ0v) is 25.9. The van der Waals surface area contributed by atoms with E-state index < -0.39 is 12.1 Å². The summed E-state index contributed by atoms with van der Waals surface area (Å²) in [6, 6.07) is 15.8. The summed E-state index contributed by atoms with van der Waals surface area (Å²) in [4.78, 5) is 32.6. The summed E-state index contributed by atoms with van der Waals surface area (Å²) < 4.78 is 7.04. The number of nitrogens with zero attached hydrogens (tertiary/aromatic N) is 4. The molecule has 0 spiro atoms. The lowest BCUT2D eigenvalue weighted by Gasteiger charge is -2.25. The highest BCUT2D eigenvalue weighted by atomic mass is 32.1. The zero-order chi connectivity index (χ0) is 30.8. The number of hydrogen-bond donors (Lipinski definition) is 3. The Morgan fingerprint density at radius 2 is 1.88 bits per heavy atom. The molecule has 0 aliphatic rings. The number of rotatable bonds is 15. The minimum atomic E-state index is -0.870. The van der Waals surface area contributed by atoms with Crippen molar-refractivity contribution in [3.05, 3.63) is 105 Å². The summed E-state index contributed by atoms with van der Waals surface area (Å²) in [6.07, 6.45) is 1.39. The van der Waals surface area contributed by atoms with Crippen LogP contribution in [0.3, 0.4) is 0 Å². The summed E-state index contributed by atoms with van der Waals surface area (Å²) in [5.41, 5.74) is 4.74. The maximum Gasteiger partial charge on any atom is 0.253 e. The molecule has 43 heavy (non-hydrogen) atoms. The topological polar surface area (TPSA) is 122 Å². The minimum absolute atomic E-state index is 0.201. The average Bonchev–Trinajstić information content (AvgIpc) is 3.59. The van der Waals surface area contributed by atoms with Crippen LogP contribution in [0, 0.1) is 13.8 Å². The molecule has 0 aliphatic heterocycles. The van der Waals surface area contributed by atoms with Gasteiger partial charge in [-0.15, -0.1) is 11.3 Å². The van der Waals surface area contributed by atoms with E-state index in [0.717, 1.165) is 27.5 Å². The van der Waals surface area contributed by atoms with Gasteiger partial charge in [0.15, 0.2) is 0 Å². The Balaban J connectivity index is 1.41. The molecule has 0 saturated carbocycles. The van der Waals surface area contributed by atoms with Crippen LogP contribution in [0.1, 0.15) is 48.2 Å². The molecule has 11 heteroatoms. The quantitative estimate of drug-likeness (QED) is 0.190. The predicted molar refractivity (Wildman–Crippen MR) is 167 cm³/mol. The lowest BCUT2D eigenvalue weighted by Crippen LogP contribution is -2.48. The van der Waals surface area contributed by atoms with Crippen molar-refractivity contribution >= 4 is 23.2 Å². The fraction of sp³-hybridized carbons (Fsp3) is 0.375. The number of benzene rings is 2. The van der Waals surface area contributed by atoms with E-state index in [2.05, 4.69) is 20.7 Å². The SMILES string of the molecule is COCCn1ncc(CNC[C@@H](O)[C@H](Cc2ccccc2)NC(=O)c2cccc(C(=O)N(C)Cc3nc(C)cs3)c2)c1C. The van der Waals surface area contributed by atoms with Gasteiger partial charge >= 0.3 is 0 Å². The molecule has 4 rings (SSSR count). The number of aryl methyl sites for hydroxylation is 1. The molecular formula is C32H40N6O4S. The van der Waals surface area contributed by atoms with E-state index in [1.807, 2.05) is 60.4 Å². The highest BCUT2D eigenvalue weighted by molar-refractivity contribution is 7.09. The molecule has 0 saturated heterocycles. The number of carbonyl (C=O) groups is 2. The molecule has 10 nitrogen and oxygen atoms in total. The van der Waals surface area contributed by atoms with E-state index in [1.165, 1.54) is 11.3 Å². The number of aliphatic hydroxyl groups excluding tert-OH is 1. The number of aliphatic hydroxyl groups is 1. The monoisotopic (exact) mass is 604 g/mol. The van der Waals surface area contributed by atoms with Crippen molar-refractivity contribution in [2.24, 2.45) is 0 Å². The number of nitrogens with one attached hydrogen (secondary N) is 2. The number of ether oxygens (including phenoxy) is 1. The Hall–Kier alpha value is -3.90. The van der Waals surface area contributed by atoms with Crippen molar-refractivity contribution < 1.29 is 19.4 Å². The van der Waals surface area contributed by atoms with Gasteiger partial charge in [-0.3, -0.25) is 14.3 Å². The highest BCUT2D eigenvalue weighted by Gasteiger charge is 2.23. The second-order valence-corrected chi connectivity index (χ2v) is 11.5. The maximum atomic E-state index is 13.4. The van der Waals surface area contributed by atoms with E-state index in [1.54, 1.807) is 43.3 Å². The van der Waals surface area contributed by atoms with Gasteiger partial charge < -0.3 is 25.4 Å². The van der Waals surface area contributed by atoms with Gasteiger partial charge in [-0.1, -0.05) is 36.4 Å². The Bertz CT molecular complexity index is 1490. The lowest BCUT2D eigenvalue weighted by molar-refractivity contribution is 0.0784. The average molecular weight is 605 g/mol. The molecule has 0 radical (unpaired) electrons. The van der Waals surface area contributed by atoms with Gasteiger partial charge in [-0.25, -0.2) is 4.98 Å². The lowest BCUT2D eigenvalue weighted by atomic mass is 10.00. The number of amides is 2. The Labute approximate surface area is 256 Å². The maximum absolute atomic E-state index is 13.4. The summed E-state index contributed by atoms with van der Waals surface area (Å²) in [5.74, 6) is -0.559. The third kappa shape index (κ3) is 9.04. The van der Waals surface area contributed by atoms with Crippen molar-refractivity contribution in [3.63, 3.8) is 0 Å². The summed E-state index contributed by atoms with van der Waals surface area (Å²) in [5, 5.41) is 24.8. The summed E-state index contributed by atoms with van der Waals surface area (Å²) in [7, 11) is 3.38. The fourth-order valence-electron chi connectivity index (χ4n) is 4.73. The zero-order valence-electron chi connectivity index (χ0n) is 25.1. The molecule has 0 fully saturated rings. The van der Waals surface area contributed by atoms with Gasteiger partial charge in [0, 0.05) is 60.7 Å². The van der Waals surface area contributed by atoms with Gasteiger partial charge in [-0.05, 0) is 44.0 Å². The number of carbonyl (C=O) groups excluding carboxylic acids is 2. The van der Waals surface area contributed by atoms with Gasteiger partial charge in [-0.2, -0.15) is 5.10 Å². The van der Waals surface area contributed by atoms with E-state index in [9.17, 15) is 14.7 Å². The Morgan fingerprint density at radius 1 is 1.12 bits per heavy atom. The third-order valence-corrected chi connectivity index (χ3v) is 8.17. The van der Waals surface area contributed by atoms with E-state index in [-0.39, 0.29) is 18.4 Å².